The van der Waals surface area contributed by atoms with E-state index in [0.29, 0.717) is 36.4 Å². The monoisotopic (exact) mass is 512 g/mol. The molecule has 0 saturated carbocycles. The van der Waals surface area contributed by atoms with E-state index in [4.69, 9.17) is 4.74 Å². The summed E-state index contributed by atoms with van der Waals surface area (Å²) < 4.78 is 33.9. The van der Waals surface area contributed by atoms with Crippen molar-refractivity contribution in [3.05, 3.63) is 64.7 Å². The Balaban J connectivity index is 1.29. The molecular weight excluding hydrogens is 482 g/mol. The van der Waals surface area contributed by atoms with Gasteiger partial charge in [0.1, 0.15) is 29.5 Å². The number of imide groups is 1. The summed E-state index contributed by atoms with van der Waals surface area (Å²) in [5.41, 5.74) is 1.73. The molecule has 0 spiro atoms. The minimum absolute atomic E-state index is 0.0918. The minimum atomic E-state index is -0.668. The van der Waals surface area contributed by atoms with Crippen LogP contribution in [0.3, 0.4) is 0 Å². The molecule has 2 aromatic carbocycles. The fourth-order valence-electron chi connectivity index (χ4n) is 5.43. The predicted molar refractivity (Wildman–Crippen MR) is 131 cm³/mol. The number of benzene rings is 2. The molecular formula is C27H30F2N4O4. The topological polar surface area (TPSA) is 91.0 Å². The van der Waals surface area contributed by atoms with E-state index >= 15 is 0 Å². The second-order valence-electron chi connectivity index (χ2n) is 9.80. The Labute approximate surface area is 213 Å². The molecule has 1 unspecified atom stereocenters. The SMILES string of the molecule is CCN[C@@H]1CCN(Cc2ccc(F)cc2F)C[C@H]1Oc1ccc2c(c1)CN(C1CCC(=O)NC1=O)C2=O. The molecule has 3 aliphatic rings. The lowest BCUT2D eigenvalue weighted by Crippen LogP contribution is -2.54. The van der Waals surface area contributed by atoms with E-state index < -0.39 is 23.6 Å². The number of likely N-dealkylation sites (N-methyl/N-ethyl adjacent to an activating group) is 1. The zero-order valence-corrected chi connectivity index (χ0v) is 20.6. The average Bonchev–Trinajstić information content (AvgIpc) is 3.18. The first kappa shape index (κ1) is 25.3. The quantitative estimate of drug-likeness (QED) is 0.554. The standard InChI is InChI=1S/C27H30F2N4O4/c1-2-30-22-9-10-32(13-16-3-4-18(28)12-21(16)29)15-24(22)37-19-5-6-20-17(11-19)14-33(27(20)36)23-7-8-25(34)31-26(23)35/h3-6,11-12,22-24,30H,2,7-10,13-15H2,1H3,(H,31,34,35)/t22-,23?,24-/m1/s1. The van der Waals surface area contributed by atoms with Crippen LogP contribution in [0, 0.1) is 11.6 Å². The third-order valence-corrected chi connectivity index (χ3v) is 7.30. The first-order chi connectivity index (χ1) is 17.8. The highest BCUT2D eigenvalue weighted by Crippen LogP contribution is 2.31. The van der Waals surface area contributed by atoms with Gasteiger partial charge in [-0.3, -0.25) is 24.6 Å². The zero-order valence-electron chi connectivity index (χ0n) is 20.6. The molecule has 37 heavy (non-hydrogen) atoms. The number of ether oxygens (including phenoxy) is 1. The number of nitrogens with one attached hydrogen (secondary N) is 2. The fourth-order valence-corrected chi connectivity index (χ4v) is 5.43. The molecule has 2 fully saturated rings. The van der Waals surface area contributed by atoms with Gasteiger partial charge in [-0.05, 0) is 49.2 Å². The number of likely N-dealkylation sites (tertiary alicyclic amines) is 1. The molecule has 8 nitrogen and oxygen atoms in total. The van der Waals surface area contributed by atoms with Crippen LogP contribution in [-0.4, -0.2) is 65.3 Å². The summed E-state index contributed by atoms with van der Waals surface area (Å²) >= 11 is 0. The van der Waals surface area contributed by atoms with E-state index in [9.17, 15) is 23.2 Å². The summed E-state index contributed by atoms with van der Waals surface area (Å²) in [5, 5.41) is 5.78. The Kier molecular flexibility index (Phi) is 7.21. The Morgan fingerprint density at radius 1 is 1.11 bits per heavy atom. The molecule has 0 bridgehead atoms. The van der Waals surface area contributed by atoms with Crippen molar-refractivity contribution in [1.29, 1.82) is 0 Å². The van der Waals surface area contributed by atoms with Gasteiger partial charge < -0.3 is 15.0 Å². The maximum absolute atomic E-state index is 14.2. The van der Waals surface area contributed by atoms with Crippen molar-refractivity contribution >= 4 is 17.7 Å². The van der Waals surface area contributed by atoms with Crippen molar-refractivity contribution in [2.45, 2.75) is 57.5 Å². The van der Waals surface area contributed by atoms with Gasteiger partial charge in [-0.15, -0.1) is 0 Å². The lowest BCUT2D eigenvalue weighted by molar-refractivity contribution is -0.136. The molecule has 2 N–H and O–H groups in total. The number of fused-ring (bicyclic) bond motifs is 1. The Hall–Kier alpha value is -3.37. The minimum Gasteiger partial charge on any atom is -0.487 e. The van der Waals surface area contributed by atoms with Crippen molar-refractivity contribution in [1.82, 2.24) is 20.4 Å². The van der Waals surface area contributed by atoms with E-state index in [1.54, 1.807) is 12.1 Å². The van der Waals surface area contributed by atoms with Crippen LogP contribution in [0.2, 0.25) is 0 Å². The molecule has 5 rings (SSSR count). The predicted octanol–water partition coefficient (Wildman–Crippen LogP) is 2.36. The number of amides is 3. The number of rotatable bonds is 7. The van der Waals surface area contributed by atoms with Crippen LogP contribution in [0.25, 0.3) is 0 Å². The van der Waals surface area contributed by atoms with Crippen LogP contribution in [0.1, 0.15) is 47.7 Å². The van der Waals surface area contributed by atoms with Crippen molar-refractivity contribution in [2.24, 2.45) is 0 Å². The summed E-state index contributed by atoms with van der Waals surface area (Å²) in [4.78, 5) is 40.4. The molecule has 0 aliphatic carbocycles. The number of hydrogen-bond acceptors (Lipinski definition) is 6. The van der Waals surface area contributed by atoms with E-state index in [2.05, 4.69) is 15.5 Å². The van der Waals surface area contributed by atoms with E-state index in [1.807, 2.05) is 13.0 Å². The molecule has 3 aliphatic heterocycles. The summed E-state index contributed by atoms with van der Waals surface area (Å²) in [7, 11) is 0. The highest BCUT2D eigenvalue weighted by Gasteiger charge is 2.39. The Bertz CT molecular complexity index is 1220. The summed E-state index contributed by atoms with van der Waals surface area (Å²) in [5.74, 6) is -1.54. The Morgan fingerprint density at radius 3 is 2.70 bits per heavy atom. The molecule has 3 heterocycles. The number of hydrogen-bond donors (Lipinski definition) is 2. The van der Waals surface area contributed by atoms with Gasteiger partial charge in [-0.25, -0.2) is 8.78 Å². The van der Waals surface area contributed by atoms with Crippen molar-refractivity contribution in [3.8, 4) is 5.75 Å². The summed E-state index contributed by atoms with van der Waals surface area (Å²) in [6.45, 7) is 4.72. The summed E-state index contributed by atoms with van der Waals surface area (Å²) in [6.07, 6.45) is 1.09. The highest BCUT2D eigenvalue weighted by molar-refractivity contribution is 6.05. The van der Waals surface area contributed by atoms with Gasteiger partial charge in [-0.2, -0.15) is 0 Å². The van der Waals surface area contributed by atoms with Gasteiger partial charge in [0, 0.05) is 55.8 Å². The molecule has 0 aromatic heterocycles. The van der Waals surface area contributed by atoms with Crippen molar-refractivity contribution in [3.63, 3.8) is 0 Å². The molecule has 0 radical (unpaired) electrons. The number of piperidine rings is 2. The average molecular weight is 513 g/mol. The van der Waals surface area contributed by atoms with Gasteiger partial charge >= 0.3 is 0 Å². The molecule has 2 aromatic rings. The smallest absolute Gasteiger partial charge is 0.255 e. The van der Waals surface area contributed by atoms with E-state index in [1.165, 1.54) is 17.0 Å². The number of nitrogens with zero attached hydrogens (tertiary/aromatic N) is 2. The van der Waals surface area contributed by atoms with Gasteiger partial charge in [0.2, 0.25) is 11.8 Å². The van der Waals surface area contributed by atoms with Gasteiger partial charge in [-0.1, -0.05) is 13.0 Å². The maximum Gasteiger partial charge on any atom is 0.255 e. The van der Waals surface area contributed by atoms with Crippen molar-refractivity contribution in [2.75, 3.05) is 19.6 Å². The first-order valence-corrected chi connectivity index (χ1v) is 12.7. The van der Waals surface area contributed by atoms with Crippen LogP contribution >= 0.6 is 0 Å². The highest BCUT2D eigenvalue weighted by atomic mass is 19.1. The number of carbonyl (C=O) groups is 3. The van der Waals surface area contributed by atoms with Crippen LogP contribution in [-0.2, 0) is 22.7 Å². The molecule has 196 valence electrons. The van der Waals surface area contributed by atoms with Crippen LogP contribution in [0.5, 0.6) is 5.75 Å². The Morgan fingerprint density at radius 2 is 1.95 bits per heavy atom. The third-order valence-electron chi connectivity index (χ3n) is 7.30. The second-order valence-corrected chi connectivity index (χ2v) is 9.80. The lowest BCUT2D eigenvalue weighted by Gasteiger charge is -2.39. The zero-order chi connectivity index (χ0) is 26.1. The summed E-state index contributed by atoms with van der Waals surface area (Å²) in [6, 6.07) is 8.37. The van der Waals surface area contributed by atoms with Crippen molar-refractivity contribution < 1.29 is 27.9 Å². The van der Waals surface area contributed by atoms with E-state index in [-0.39, 0.29) is 36.9 Å². The van der Waals surface area contributed by atoms with Gasteiger partial charge in [0.05, 0.1) is 0 Å². The van der Waals surface area contributed by atoms with E-state index in [0.717, 1.165) is 31.1 Å². The fraction of sp³-hybridized carbons (Fsp3) is 0.444. The number of carbonyl (C=O) groups excluding carboxylic acids is 3. The number of halogens is 2. The maximum atomic E-state index is 14.2. The molecule has 3 atom stereocenters. The molecule has 10 heteroatoms. The van der Waals surface area contributed by atoms with Crippen LogP contribution in [0.4, 0.5) is 8.78 Å². The molecule has 2 saturated heterocycles. The third kappa shape index (κ3) is 5.35. The first-order valence-electron chi connectivity index (χ1n) is 12.7. The normalized spacial score (nSPS) is 24.2. The lowest BCUT2D eigenvalue weighted by atomic mass is 10.0. The van der Waals surface area contributed by atoms with Gasteiger partial charge in [0.25, 0.3) is 5.91 Å². The van der Waals surface area contributed by atoms with Crippen LogP contribution < -0.4 is 15.4 Å². The van der Waals surface area contributed by atoms with Gasteiger partial charge in [0.15, 0.2) is 0 Å². The second kappa shape index (κ2) is 10.5. The largest absolute Gasteiger partial charge is 0.487 e. The molecule has 3 amide bonds. The van der Waals surface area contributed by atoms with Crippen LogP contribution in [0.15, 0.2) is 36.4 Å².